The van der Waals surface area contributed by atoms with Gasteiger partial charge in [0.1, 0.15) is 17.3 Å². The number of benzene rings is 1. The lowest BCUT2D eigenvalue weighted by Crippen LogP contribution is -2.45. The summed E-state index contributed by atoms with van der Waals surface area (Å²) in [4.78, 5) is 21.2. The van der Waals surface area contributed by atoms with Gasteiger partial charge in [0.05, 0.1) is 61.9 Å². The number of rotatable bonds is 10. The Morgan fingerprint density at radius 3 is 2.50 bits per heavy atom. The highest BCUT2D eigenvalue weighted by Gasteiger charge is 2.30. The fourth-order valence-electron chi connectivity index (χ4n) is 4.29. The molecule has 2 N–H and O–H groups in total. The van der Waals surface area contributed by atoms with Gasteiger partial charge in [0, 0.05) is 28.6 Å². The second kappa shape index (κ2) is 11.2. The van der Waals surface area contributed by atoms with Crippen molar-refractivity contribution in [2.24, 2.45) is 5.92 Å². The zero-order valence-electron chi connectivity index (χ0n) is 21.1. The van der Waals surface area contributed by atoms with E-state index in [9.17, 15) is 4.79 Å². The molecular weight excluding hydrogens is 531 g/mol. The van der Waals surface area contributed by atoms with E-state index < -0.39 is 0 Å². The van der Waals surface area contributed by atoms with Crippen LogP contribution in [-0.4, -0.2) is 62.0 Å². The summed E-state index contributed by atoms with van der Waals surface area (Å²) >= 11 is 13.4. The van der Waals surface area contributed by atoms with Crippen LogP contribution in [0, 0.1) is 5.92 Å². The van der Waals surface area contributed by atoms with Gasteiger partial charge in [0.15, 0.2) is 0 Å². The molecule has 9 nitrogen and oxygen atoms in total. The molecular formula is C27H28Cl2N4O5. The van der Waals surface area contributed by atoms with Crippen LogP contribution in [0.2, 0.25) is 10.0 Å². The molecule has 1 saturated carbocycles. The van der Waals surface area contributed by atoms with Gasteiger partial charge in [0.25, 0.3) is 0 Å². The van der Waals surface area contributed by atoms with E-state index in [-0.39, 0.29) is 18.0 Å². The van der Waals surface area contributed by atoms with E-state index in [0.29, 0.717) is 70.2 Å². The summed E-state index contributed by atoms with van der Waals surface area (Å²) in [6.07, 6.45) is 5.25. The van der Waals surface area contributed by atoms with Crippen LogP contribution in [0.25, 0.3) is 22.0 Å². The number of hydrogen-bond acceptors (Lipinski definition) is 8. The molecule has 5 rings (SSSR count). The predicted octanol–water partition coefficient (Wildman–Crippen LogP) is 4.89. The number of aromatic nitrogens is 2. The molecule has 0 radical (unpaired) electrons. The van der Waals surface area contributed by atoms with Crippen LogP contribution in [0.1, 0.15) is 12.8 Å². The summed E-state index contributed by atoms with van der Waals surface area (Å²) in [5.74, 6) is 2.15. The number of fused-ring (bicyclic) bond motifs is 1. The summed E-state index contributed by atoms with van der Waals surface area (Å²) in [6.45, 7) is 4.90. The van der Waals surface area contributed by atoms with Crippen LogP contribution >= 0.6 is 23.2 Å². The molecule has 3 heterocycles. The number of ether oxygens (including phenoxy) is 4. The van der Waals surface area contributed by atoms with Crippen molar-refractivity contribution in [2.45, 2.75) is 24.9 Å². The minimum absolute atomic E-state index is 0.159. The largest absolute Gasteiger partial charge is 0.495 e. The van der Waals surface area contributed by atoms with Crippen LogP contribution in [0.3, 0.4) is 0 Å². The Hall–Kier alpha value is -3.27. The van der Waals surface area contributed by atoms with Crippen molar-refractivity contribution < 1.29 is 23.7 Å². The number of halogens is 2. The maximum atomic E-state index is 11.8. The highest BCUT2D eigenvalue weighted by Crippen LogP contribution is 2.46. The molecule has 38 heavy (non-hydrogen) atoms. The van der Waals surface area contributed by atoms with Crippen molar-refractivity contribution in [3.63, 3.8) is 0 Å². The van der Waals surface area contributed by atoms with Crippen LogP contribution in [0.5, 0.6) is 17.4 Å². The lowest BCUT2D eigenvalue weighted by atomic mass is 10.1. The number of methoxy groups -OCH3 is 2. The minimum Gasteiger partial charge on any atom is -0.495 e. The number of anilines is 1. The third-order valence-corrected chi connectivity index (χ3v) is 7.34. The van der Waals surface area contributed by atoms with Gasteiger partial charge in [-0.25, -0.2) is 9.97 Å². The third-order valence-electron chi connectivity index (χ3n) is 6.59. The molecule has 2 atom stereocenters. The van der Waals surface area contributed by atoms with Crippen LogP contribution in [0.15, 0.2) is 37.1 Å². The molecule has 2 fully saturated rings. The first-order chi connectivity index (χ1) is 18.4. The monoisotopic (exact) mass is 558 g/mol. The molecule has 200 valence electrons. The van der Waals surface area contributed by atoms with E-state index in [4.69, 9.17) is 47.1 Å². The van der Waals surface area contributed by atoms with Crippen molar-refractivity contribution in [1.29, 1.82) is 0 Å². The van der Waals surface area contributed by atoms with Gasteiger partial charge < -0.3 is 29.6 Å². The standard InChI is InChI=1S/C27H28Cl2N4O5/c1-4-23(34)32-19-13-37-12-18(19)31-22-8-16-15(10-30-22)7-17(33-27(16)38-11-14-5-6-14)24-25(28)20(35-2)9-21(36-3)26(24)29/h4,7-10,14,18-19H,1,5-6,11-13H2,2-3H3,(H,30,31)(H,32,34)/t18-,19+/m1/s1. The number of pyridine rings is 2. The first-order valence-electron chi connectivity index (χ1n) is 12.2. The Morgan fingerprint density at radius 2 is 1.84 bits per heavy atom. The second-order valence-corrected chi connectivity index (χ2v) is 10.0. The lowest BCUT2D eigenvalue weighted by Gasteiger charge is -2.21. The molecule has 1 aromatic carbocycles. The summed E-state index contributed by atoms with van der Waals surface area (Å²) in [5.41, 5.74) is 0.989. The Labute approximate surface area is 230 Å². The molecule has 1 aliphatic carbocycles. The molecule has 0 spiro atoms. The normalized spacial score (nSPS) is 18.7. The number of amides is 1. The number of nitrogens with zero attached hydrogens (tertiary/aromatic N) is 2. The smallest absolute Gasteiger partial charge is 0.243 e. The third kappa shape index (κ3) is 5.45. The molecule has 0 bridgehead atoms. The molecule has 0 unspecified atom stereocenters. The zero-order valence-corrected chi connectivity index (χ0v) is 22.6. The van der Waals surface area contributed by atoms with E-state index in [2.05, 4.69) is 22.2 Å². The minimum atomic E-state index is -0.252. The molecule has 2 aliphatic rings. The van der Waals surface area contributed by atoms with Crippen molar-refractivity contribution in [1.82, 2.24) is 15.3 Å². The molecule has 2 aromatic heterocycles. The number of hydrogen-bond donors (Lipinski definition) is 2. The highest BCUT2D eigenvalue weighted by atomic mass is 35.5. The van der Waals surface area contributed by atoms with E-state index >= 15 is 0 Å². The Bertz CT molecular complexity index is 1350. The molecule has 1 aliphatic heterocycles. The predicted molar refractivity (Wildman–Crippen MR) is 147 cm³/mol. The summed E-state index contributed by atoms with van der Waals surface area (Å²) in [5, 5.41) is 8.46. The van der Waals surface area contributed by atoms with Gasteiger partial charge >= 0.3 is 0 Å². The van der Waals surface area contributed by atoms with Crippen molar-refractivity contribution >= 4 is 45.7 Å². The Balaban J connectivity index is 1.54. The van der Waals surface area contributed by atoms with E-state index in [1.54, 1.807) is 12.3 Å². The van der Waals surface area contributed by atoms with Gasteiger partial charge in [-0.2, -0.15) is 0 Å². The number of carbonyl (C=O) groups excluding carboxylic acids is 1. The van der Waals surface area contributed by atoms with Gasteiger partial charge in [0.2, 0.25) is 11.8 Å². The second-order valence-electron chi connectivity index (χ2n) is 9.25. The van der Waals surface area contributed by atoms with Gasteiger partial charge in [-0.15, -0.1) is 0 Å². The average molecular weight is 559 g/mol. The number of nitrogens with one attached hydrogen (secondary N) is 2. The number of carbonyl (C=O) groups is 1. The van der Waals surface area contributed by atoms with Crippen LogP contribution in [0.4, 0.5) is 5.82 Å². The van der Waals surface area contributed by atoms with Gasteiger partial charge in [-0.1, -0.05) is 29.8 Å². The SMILES string of the molecule is C=CC(=O)N[C@H]1COC[C@H]1Nc1cc2c(OCC3CC3)nc(-c3c(Cl)c(OC)cc(OC)c3Cl)cc2cn1. The highest BCUT2D eigenvalue weighted by molar-refractivity contribution is 6.41. The Morgan fingerprint density at radius 1 is 1.13 bits per heavy atom. The summed E-state index contributed by atoms with van der Waals surface area (Å²) in [7, 11) is 3.05. The van der Waals surface area contributed by atoms with Gasteiger partial charge in [-0.3, -0.25) is 4.79 Å². The van der Waals surface area contributed by atoms with Gasteiger partial charge in [-0.05, 0) is 37.0 Å². The zero-order chi connectivity index (χ0) is 26.8. The molecule has 1 amide bonds. The summed E-state index contributed by atoms with van der Waals surface area (Å²) < 4.78 is 22.6. The van der Waals surface area contributed by atoms with Crippen molar-refractivity contribution in [3.05, 3.63) is 47.1 Å². The van der Waals surface area contributed by atoms with Crippen molar-refractivity contribution in [2.75, 3.05) is 39.4 Å². The molecule has 11 heteroatoms. The van der Waals surface area contributed by atoms with Crippen LogP contribution in [-0.2, 0) is 9.53 Å². The summed E-state index contributed by atoms with van der Waals surface area (Å²) in [6, 6.07) is 5.00. The van der Waals surface area contributed by atoms with E-state index in [0.717, 1.165) is 23.6 Å². The van der Waals surface area contributed by atoms with Crippen LogP contribution < -0.4 is 24.8 Å². The maximum Gasteiger partial charge on any atom is 0.243 e. The van der Waals surface area contributed by atoms with E-state index in [1.165, 1.54) is 20.3 Å². The Kier molecular flexibility index (Phi) is 7.78. The first kappa shape index (κ1) is 26.3. The first-order valence-corrected chi connectivity index (χ1v) is 13.0. The van der Waals surface area contributed by atoms with E-state index in [1.807, 2.05) is 12.1 Å². The van der Waals surface area contributed by atoms with Crippen molar-refractivity contribution in [3.8, 4) is 28.6 Å². The molecule has 3 aromatic rings. The fraction of sp³-hybridized carbons (Fsp3) is 0.370. The maximum absolute atomic E-state index is 11.8. The lowest BCUT2D eigenvalue weighted by molar-refractivity contribution is -0.117. The fourth-order valence-corrected chi connectivity index (χ4v) is 4.99. The quantitative estimate of drug-likeness (QED) is 0.339. The average Bonchev–Trinajstić information content (AvgIpc) is 3.66. The molecule has 1 saturated heterocycles. The topological polar surface area (TPSA) is 104 Å².